The van der Waals surface area contributed by atoms with E-state index in [0.29, 0.717) is 11.4 Å². The molecular weight excluding hydrogens is 368 g/mol. The van der Waals surface area contributed by atoms with Gasteiger partial charge in [-0.15, -0.1) is 0 Å². The lowest BCUT2D eigenvalue weighted by Gasteiger charge is -2.36. The molecule has 0 saturated heterocycles. The van der Waals surface area contributed by atoms with E-state index in [1.165, 1.54) is 11.1 Å². The summed E-state index contributed by atoms with van der Waals surface area (Å²) in [6.45, 7) is 2.07. The standard InChI is InChI=1S/C23H24N2O2S/c26-28(27,22-13-5-2-6-14-22)24-17-23(20-10-3-1-4-11-20)25-16-15-19-9-7-8-12-21(19)18-25/h1-14,23-24H,15-18H2/t23-/m0/s1. The van der Waals surface area contributed by atoms with Crippen LogP contribution in [0.4, 0.5) is 0 Å². The van der Waals surface area contributed by atoms with Crippen LogP contribution in [0.2, 0.25) is 0 Å². The van der Waals surface area contributed by atoms with Crippen molar-refractivity contribution < 1.29 is 8.42 Å². The summed E-state index contributed by atoms with van der Waals surface area (Å²) < 4.78 is 28.3. The van der Waals surface area contributed by atoms with Crippen LogP contribution in [0.5, 0.6) is 0 Å². The molecule has 3 aromatic carbocycles. The number of benzene rings is 3. The van der Waals surface area contributed by atoms with E-state index in [9.17, 15) is 8.42 Å². The highest BCUT2D eigenvalue weighted by Gasteiger charge is 2.26. The summed E-state index contributed by atoms with van der Waals surface area (Å²) in [5, 5.41) is 0. The van der Waals surface area contributed by atoms with Crippen molar-refractivity contribution in [3.8, 4) is 0 Å². The third kappa shape index (κ3) is 4.17. The minimum atomic E-state index is -3.54. The molecule has 0 fully saturated rings. The number of fused-ring (bicyclic) bond motifs is 1. The Bertz CT molecular complexity index is 1020. The number of nitrogens with zero attached hydrogens (tertiary/aromatic N) is 1. The van der Waals surface area contributed by atoms with Gasteiger partial charge in [0.15, 0.2) is 0 Å². The summed E-state index contributed by atoms with van der Waals surface area (Å²) >= 11 is 0. The monoisotopic (exact) mass is 392 g/mol. The molecule has 4 rings (SSSR count). The molecule has 0 radical (unpaired) electrons. The van der Waals surface area contributed by atoms with E-state index in [0.717, 1.165) is 25.1 Å². The zero-order valence-corrected chi connectivity index (χ0v) is 16.5. The Morgan fingerprint density at radius 1 is 0.821 bits per heavy atom. The maximum atomic E-state index is 12.7. The van der Waals surface area contributed by atoms with Crippen LogP contribution in [0.25, 0.3) is 0 Å². The van der Waals surface area contributed by atoms with Crippen molar-refractivity contribution in [3.63, 3.8) is 0 Å². The average molecular weight is 393 g/mol. The number of sulfonamides is 1. The molecule has 0 unspecified atom stereocenters. The largest absolute Gasteiger partial charge is 0.290 e. The van der Waals surface area contributed by atoms with Crippen LogP contribution in [0.1, 0.15) is 22.7 Å². The van der Waals surface area contributed by atoms with Gasteiger partial charge in [-0.25, -0.2) is 13.1 Å². The van der Waals surface area contributed by atoms with E-state index in [1.807, 2.05) is 24.3 Å². The van der Waals surface area contributed by atoms with Crippen LogP contribution in [0.15, 0.2) is 89.8 Å². The molecule has 0 saturated carbocycles. The van der Waals surface area contributed by atoms with Crippen molar-refractivity contribution in [1.82, 2.24) is 9.62 Å². The number of nitrogens with one attached hydrogen (secondary N) is 1. The molecule has 5 heteroatoms. The van der Waals surface area contributed by atoms with E-state index >= 15 is 0 Å². The van der Waals surface area contributed by atoms with Crippen LogP contribution in [-0.2, 0) is 23.0 Å². The summed E-state index contributed by atoms with van der Waals surface area (Å²) in [7, 11) is -3.54. The second-order valence-corrected chi connectivity index (χ2v) is 8.85. The highest BCUT2D eigenvalue weighted by atomic mass is 32.2. The van der Waals surface area contributed by atoms with Crippen molar-refractivity contribution in [2.24, 2.45) is 0 Å². The van der Waals surface area contributed by atoms with Crippen LogP contribution in [0, 0.1) is 0 Å². The first-order valence-corrected chi connectivity index (χ1v) is 11.0. The lowest BCUT2D eigenvalue weighted by molar-refractivity contribution is 0.180. The van der Waals surface area contributed by atoms with E-state index in [2.05, 4.69) is 46.0 Å². The molecule has 0 aromatic heterocycles. The van der Waals surface area contributed by atoms with Gasteiger partial charge in [0.25, 0.3) is 0 Å². The van der Waals surface area contributed by atoms with Crippen molar-refractivity contribution >= 4 is 10.0 Å². The Hall–Kier alpha value is -2.47. The number of rotatable bonds is 6. The minimum absolute atomic E-state index is 0.0203. The smallest absolute Gasteiger partial charge is 0.240 e. The maximum absolute atomic E-state index is 12.7. The van der Waals surface area contributed by atoms with Gasteiger partial charge in [-0.05, 0) is 35.2 Å². The minimum Gasteiger partial charge on any atom is -0.290 e. The lowest BCUT2D eigenvalue weighted by Crippen LogP contribution is -2.40. The quantitative estimate of drug-likeness (QED) is 0.695. The van der Waals surface area contributed by atoms with E-state index in [-0.39, 0.29) is 6.04 Å². The predicted octanol–water partition coefficient (Wildman–Crippen LogP) is 3.76. The van der Waals surface area contributed by atoms with E-state index in [1.54, 1.807) is 24.3 Å². The highest BCUT2D eigenvalue weighted by Crippen LogP contribution is 2.28. The van der Waals surface area contributed by atoms with Gasteiger partial charge in [0.1, 0.15) is 0 Å². The summed E-state index contributed by atoms with van der Waals surface area (Å²) in [6.07, 6.45) is 0.977. The van der Waals surface area contributed by atoms with Gasteiger partial charge in [-0.3, -0.25) is 4.90 Å². The zero-order valence-electron chi connectivity index (χ0n) is 15.7. The first kappa shape index (κ1) is 18.9. The molecule has 0 aliphatic carbocycles. The van der Waals surface area contributed by atoms with Crippen molar-refractivity contribution in [3.05, 3.63) is 102 Å². The molecule has 3 aromatic rings. The van der Waals surface area contributed by atoms with Gasteiger partial charge in [-0.1, -0.05) is 72.8 Å². The average Bonchev–Trinajstić information content (AvgIpc) is 2.75. The molecule has 1 aliphatic heterocycles. The van der Waals surface area contributed by atoms with Gasteiger partial charge < -0.3 is 0 Å². The molecule has 1 atom stereocenters. The SMILES string of the molecule is O=S(=O)(NC[C@@H](c1ccccc1)N1CCc2ccccc2C1)c1ccccc1. The first-order valence-electron chi connectivity index (χ1n) is 9.54. The fraction of sp³-hybridized carbons (Fsp3) is 0.217. The number of hydrogen-bond acceptors (Lipinski definition) is 3. The van der Waals surface area contributed by atoms with Gasteiger partial charge in [0.05, 0.1) is 4.90 Å². The first-order chi connectivity index (χ1) is 13.6. The van der Waals surface area contributed by atoms with Gasteiger partial charge >= 0.3 is 0 Å². The Kier molecular flexibility index (Phi) is 5.57. The number of hydrogen-bond donors (Lipinski definition) is 1. The van der Waals surface area contributed by atoms with Crippen molar-refractivity contribution in [2.45, 2.75) is 23.9 Å². The molecule has 28 heavy (non-hydrogen) atoms. The van der Waals surface area contributed by atoms with E-state index in [4.69, 9.17) is 0 Å². The van der Waals surface area contributed by atoms with E-state index < -0.39 is 10.0 Å². The summed E-state index contributed by atoms with van der Waals surface area (Å²) in [6, 6.07) is 27.2. The molecule has 0 bridgehead atoms. The second-order valence-electron chi connectivity index (χ2n) is 7.08. The van der Waals surface area contributed by atoms with Gasteiger partial charge in [0.2, 0.25) is 10.0 Å². The molecule has 1 heterocycles. The fourth-order valence-electron chi connectivity index (χ4n) is 3.79. The summed E-state index contributed by atoms with van der Waals surface area (Å²) in [5.74, 6) is 0. The van der Waals surface area contributed by atoms with Crippen LogP contribution in [0.3, 0.4) is 0 Å². The normalized spacial score (nSPS) is 15.7. The summed E-state index contributed by atoms with van der Waals surface area (Å²) in [4.78, 5) is 2.66. The molecule has 1 N–H and O–H groups in total. The lowest BCUT2D eigenvalue weighted by atomic mass is 9.96. The fourth-order valence-corrected chi connectivity index (χ4v) is 4.85. The molecule has 4 nitrogen and oxygen atoms in total. The Morgan fingerprint density at radius 3 is 2.14 bits per heavy atom. The van der Waals surface area contributed by atoms with Gasteiger partial charge in [-0.2, -0.15) is 0 Å². The Balaban J connectivity index is 1.57. The van der Waals surface area contributed by atoms with Crippen molar-refractivity contribution in [1.29, 1.82) is 0 Å². The highest BCUT2D eigenvalue weighted by molar-refractivity contribution is 7.89. The van der Waals surface area contributed by atoms with Crippen LogP contribution < -0.4 is 4.72 Å². The third-order valence-electron chi connectivity index (χ3n) is 5.31. The predicted molar refractivity (Wildman–Crippen MR) is 111 cm³/mol. The molecule has 144 valence electrons. The van der Waals surface area contributed by atoms with Gasteiger partial charge in [0, 0.05) is 25.7 Å². The second kappa shape index (κ2) is 8.27. The molecular formula is C23H24N2O2S. The van der Waals surface area contributed by atoms with Crippen LogP contribution >= 0.6 is 0 Å². The Labute approximate surface area is 166 Å². The topological polar surface area (TPSA) is 49.4 Å². The molecule has 0 amide bonds. The van der Waals surface area contributed by atoms with Crippen LogP contribution in [-0.4, -0.2) is 26.4 Å². The third-order valence-corrected chi connectivity index (χ3v) is 6.74. The molecule has 0 spiro atoms. The zero-order chi connectivity index (χ0) is 19.4. The van der Waals surface area contributed by atoms with Crippen molar-refractivity contribution in [2.75, 3.05) is 13.1 Å². The maximum Gasteiger partial charge on any atom is 0.240 e. The molecule has 1 aliphatic rings. The Morgan fingerprint density at radius 2 is 1.43 bits per heavy atom. The summed E-state index contributed by atoms with van der Waals surface area (Å²) in [5.41, 5.74) is 3.83.